The van der Waals surface area contributed by atoms with Crippen molar-refractivity contribution in [2.45, 2.75) is 0 Å². The van der Waals surface area contributed by atoms with Gasteiger partial charge in [-0.1, -0.05) is 6.07 Å². The molecule has 0 fully saturated rings. The SMILES string of the molecule is COCCNCCNC(=O)c1c(O)cccc1F. The summed E-state index contributed by atoms with van der Waals surface area (Å²) in [7, 11) is 1.60. The zero-order valence-corrected chi connectivity index (χ0v) is 10.2. The number of methoxy groups -OCH3 is 1. The molecule has 0 radical (unpaired) electrons. The highest BCUT2D eigenvalue weighted by atomic mass is 19.1. The Hall–Kier alpha value is -1.66. The first-order valence-corrected chi connectivity index (χ1v) is 5.62. The fraction of sp³-hybridized carbons (Fsp3) is 0.417. The molecule has 0 atom stereocenters. The molecule has 0 saturated heterocycles. The first-order valence-electron chi connectivity index (χ1n) is 5.62. The predicted octanol–water partition coefficient (Wildman–Crippen LogP) is 0.497. The number of hydrogen-bond acceptors (Lipinski definition) is 4. The van der Waals surface area contributed by atoms with Crippen LogP contribution in [0.4, 0.5) is 4.39 Å². The van der Waals surface area contributed by atoms with Crippen molar-refractivity contribution in [3.8, 4) is 5.75 Å². The number of ether oxygens (including phenoxy) is 1. The second-order valence-electron chi connectivity index (χ2n) is 3.63. The summed E-state index contributed by atoms with van der Waals surface area (Å²) in [5, 5.41) is 14.9. The molecule has 1 amide bonds. The lowest BCUT2D eigenvalue weighted by Gasteiger charge is -2.08. The summed E-state index contributed by atoms with van der Waals surface area (Å²) < 4.78 is 18.2. The van der Waals surface area contributed by atoms with Crippen molar-refractivity contribution >= 4 is 5.91 Å². The summed E-state index contributed by atoms with van der Waals surface area (Å²) in [5.74, 6) is -1.72. The lowest BCUT2D eigenvalue weighted by atomic mass is 10.1. The van der Waals surface area contributed by atoms with E-state index in [1.807, 2.05) is 0 Å². The molecule has 0 aliphatic heterocycles. The maximum absolute atomic E-state index is 13.3. The topological polar surface area (TPSA) is 70.6 Å². The summed E-state index contributed by atoms with van der Waals surface area (Å²) in [6.07, 6.45) is 0. The smallest absolute Gasteiger partial charge is 0.258 e. The van der Waals surface area contributed by atoms with Crippen molar-refractivity contribution in [1.82, 2.24) is 10.6 Å². The van der Waals surface area contributed by atoms with Gasteiger partial charge in [0.15, 0.2) is 0 Å². The number of hydrogen-bond donors (Lipinski definition) is 3. The molecule has 0 saturated carbocycles. The minimum absolute atomic E-state index is 0.325. The van der Waals surface area contributed by atoms with Crippen molar-refractivity contribution in [3.05, 3.63) is 29.6 Å². The fourth-order valence-corrected chi connectivity index (χ4v) is 1.39. The maximum atomic E-state index is 13.3. The summed E-state index contributed by atoms with van der Waals surface area (Å²) in [4.78, 5) is 11.6. The van der Waals surface area contributed by atoms with Gasteiger partial charge in [0.05, 0.1) is 6.61 Å². The molecule has 6 heteroatoms. The van der Waals surface area contributed by atoms with Crippen molar-refractivity contribution in [3.63, 3.8) is 0 Å². The van der Waals surface area contributed by atoms with Gasteiger partial charge >= 0.3 is 0 Å². The first kappa shape index (κ1) is 14.4. The second kappa shape index (κ2) is 7.62. The number of aromatic hydroxyl groups is 1. The molecule has 1 aromatic rings. The summed E-state index contributed by atoms with van der Waals surface area (Å²) >= 11 is 0. The molecule has 1 rings (SSSR count). The summed E-state index contributed by atoms with van der Waals surface area (Å²) in [6.45, 7) is 2.15. The van der Waals surface area contributed by atoms with Gasteiger partial charge in [-0.3, -0.25) is 4.79 Å². The number of carbonyl (C=O) groups excluding carboxylic acids is 1. The van der Waals surface area contributed by atoms with Gasteiger partial charge in [-0.05, 0) is 12.1 Å². The standard InChI is InChI=1S/C12H17FN2O3/c1-18-8-7-14-5-6-15-12(17)11-9(13)3-2-4-10(11)16/h2-4,14,16H,5-8H2,1H3,(H,15,17). The highest BCUT2D eigenvalue weighted by Crippen LogP contribution is 2.19. The molecule has 0 aromatic heterocycles. The van der Waals surface area contributed by atoms with E-state index in [0.717, 1.165) is 6.07 Å². The molecular weight excluding hydrogens is 239 g/mol. The predicted molar refractivity (Wildman–Crippen MR) is 65.1 cm³/mol. The van der Waals surface area contributed by atoms with Crippen molar-refractivity contribution < 1.29 is 19.0 Å². The largest absolute Gasteiger partial charge is 0.507 e. The van der Waals surface area contributed by atoms with Crippen LogP contribution in [0.2, 0.25) is 0 Å². The van der Waals surface area contributed by atoms with E-state index >= 15 is 0 Å². The highest BCUT2D eigenvalue weighted by molar-refractivity contribution is 5.97. The van der Waals surface area contributed by atoms with Crippen LogP contribution >= 0.6 is 0 Å². The maximum Gasteiger partial charge on any atom is 0.258 e. The van der Waals surface area contributed by atoms with Gasteiger partial charge in [-0.15, -0.1) is 0 Å². The van der Waals surface area contributed by atoms with Crippen LogP contribution in [-0.2, 0) is 4.74 Å². The van der Waals surface area contributed by atoms with Crippen LogP contribution < -0.4 is 10.6 Å². The van der Waals surface area contributed by atoms with Crippen LogP contribution in [0.3, 0.4) is 0 Å². The van der Waals surface area contributed by atoms with Gasteiger partial charge in [0.2, 0.25) is 0 Å². The Morgan fingerprint density at radius 1 is 1.39 bits per heavy atom. The Morgan fingerprint density at radius 3 is 2.83 bits per heavy atom. The fourth-order valence-electron chi connectivity index (χ4n) is 1.39. The van der Waals surface area contributed by atoms with Crippen LogP contribution in [-0.4, -0.2) is 44.4 Å². The summed E-state index contributed by atoms with van der Waals surface area (Å²) in [5.41, 5.74) is -0.325. The quantitative estimate of drug-likeness (QED) is 0.621. The lowest BCUT2D eigenvalue weighted by molar-refractivity contribution is 0.0947. The van der Waals surface area contributed by atoms with E-state index in [1.165, 1.54) is 12.1 Å². The number of nitrogens with one attached hydrogen (secondary N) is 2. The summed E-state index contributed by atoms with van der Waals surface area (Å²) in [6, 6.07) is 3.74. The number of amides is 1. The van der Waals surface area contributed by atoms with Crippen molar-refractivity contribution in [2.75, 3.05) is 33.4 Å². The zero-order chi connectivity index (χ0) is 13.4. The average molecular weight is 256 g/mol. The van der Waals surface area contributed by atoms with Crippen LogP contribution in [0.15, 0.2) is 18.2 Å². The number of rotatable bonds is 7. The Labute approximate surface area is 105 Å². The van der Waals surface area contributed by atoms with E-state index in [0.29, 0.717) is 26.2 Å². The van der Waals surface area contributed by atoms with Crippen molar-refractivity contribution in [2.24, 2.45) is 0 Å². The van der Waals surface area contributed by atoms with Crippen LogP contribution in [0.25, 0.3) is 0 Å². The monoisotopic (exact) mass is 256 g/mol. The third kappa shape index (κ3) is 4.31. The minimum atomic E-state index is -0.736. The molecule has 0 unspecified atom stereocenters. The van der Waals surface area contributed by atoms with E-state index in [4.69, 9.17) is 4.74 Å². The normalized spacial score (nSPS) is 10.3. The molecule has 0 bridgehead atoms. The Morgan fingerprint density at radius 2 is 2.17 bits per heavy atom. The highest BCUT2D eigenvalue weighted by Gasteiger charge is 2.15. The molecule has 1 aromatic carbocycles. The average Bonchev–Trinajstić information content (AvgIpc) is 2.33. The van der Waals surface area contributed by atoms with Gasteiger partial charge in [0, 0.05) is 26.7 Å². The van der Waals surface area contributed by atoms with Crippen molar-refractivity contribution in [1.29, 1.82) is 0 Å². The van der Waals surface area contributed by atoms with Gasteiger partial charge in [0.1, 0.15) is 17.1 Å². The second-order valence-corrected chi connectivity index (χ2v) is 3.63. The number of phenols is 1. The van der Waals surface area contributed by atoms with E-state index in [-0.39, 0.29) is 11.3 Å². The van der Waals surface area contributed by atoms with Gasteiger partial charge in [-0.25, -0.2) is 4.39 Å². The molecule has 5 nitrogen and oxygen atoms in total. The number of halogens is 1. The molecular formula is C12H17FN2O3. The van der Waals surface area contributed by atoms with E-state index in [9.17, 15) is 14.3 Å². The molecule has 0 aliphatic rings. The molecule has 18 heavy (non-hydrogen) atoms. The van der Waals surface area contributed by atoms with Crippen LogP contribution in [0, 0.1) is 5.82 Å². The molecule has 0 aliphatic carbocycles. The van der Waals surface area contributed by atoms with E-state index < -0.39 is 11.7 Å². The first-order chi connectivity index (χ1) is 8.66. The number of benzene rings is 1. The Balaban J connectivity index is 2.37. The van der Waals surface area contributed by atoms with Gasteiger partial charge < -0.3 is 20.5 Å². The van der Waals surface area contributed by atoms with Gasteiger partial charge in [0.25, 0.3) is 5.91 Å². The molecule has 0 spiro atoms. The molecule has 3 N–H and O–H groups in total. The third-order valence-electron chi connectivity index (χ3n) is 2.29. The number of phenolic OH excluding ortho intramolecular Hbond substituents is 1. The lowest BCUT2D eigenvalue weighted by Crippen LogP contribution is -2.33. The Bertz CT molecular complexity index is 379. The van der Waals surface area contributed by atoms with E-state index in [2.05, 4.69) is 10.6 Å². The molecule has 0 heterocycles. The minimum Gasteiger partial charge on any atom is -0.507 e. The van der Waals surface area contributed by atoms with Crippen LogP contribution in [0.5, 0.6) is 5.75 Å². The van der Waals surface area contributed by atoms with Gasteiger partial charge in [-0.2, -0.15) is 0 Å². The van der Waals surface area contributed by atoms with E-state index in [1.54, 1.807) is 7.11 Å². The molecule has 100 valence electrons. The van der Waals surface area contributed by atoms with Crippen LogP contribution in [0.1, 0.15) is 10.4 Å². The number of carbonyl (C=O) groups is 1. The third-order valence-corrected chi connectivity index (χ3v) is 2.29. The zero-order valence-electron chi connectivity index (χ0n) is 10.2. The Kier molecular flexibility index (Phi) is 6.10.